The second kappa shape index (κ2) is 5.91. The van der Waals surface area contributed by atoms with Crippen LogP contribution in [0.5, 0.6) is 0 Å². The maximum atomic E-state index is 5.66. The largest absolute Gasteiger partial charge is 0.383 e. The van der Waals surface area contributed by atoms with Crippen molar-refractivity contribution < 1.29 is 0 Å². The summed E-state index contributed by atoms with van der Waals surface area (Å²) in [5, 5.41) is 1.12. The number of hydrogen-bond donors (Lipinski definition) is 2. The number of rotatable bonds is 2. The summed E-state index contributed by atoms with van der Waals surface area (Å²) >= 11 is 1.65. The molecule has 0 amide bonds. The van der Waals surface area contributed by atoms with Crippen LogP contribution >= 0.6 is 11.8 Å². The molecule has 0 saturated heterocycles. The molecule has 0 bridgehead atoms. The fourth-order valence-electron chi connectivity index (χ4n) is 1.88. The van der Waals surface area contributed by atoms with Gasteiger partial charge in [-0.1, -0.05) is 36.8 Å². The molecule has 0 aromatic carbocycles. The Kier molecular flexibility index (Phi) is 4.25. The van der Waals surface area contributed by atoms with Crippen LogP contribution in [0.3, 0.4) is 0 Å². The van der Waals surface area contributed by atoms with Gasteiger partial charge in [-0.2, -0.15) is 0 Å². The van der Waals surface area contributed by atoms with E-state index in [2.05, 4.69) is 22.1 Å². The molecule has 0 saturated carbocycles. The fraction of sp³-hybridized carbons (Fsp3) is 0.500. The molecule has 2 rings (SSSR count). The van der Waals surface area contributed by atoms with Gasteiger partial charge in [-0.05, 0) is 19.3 Å². The average molecular weight is 250 g/mol. The third-order valence-electron chi connectivity index (χ3n) is 2.71. The molecule has 5 heteroatoms. The fourth-order valence-corrected chi connectivity index (χ4v) is 2.94. The van der Waals surface area contributed by atoms with E-state index in [1.165, 1.54) is 32.1 Å². The Labute approximate surface area is 106 Å². The summed E-state index contributed by atoms with van der Waals surface area (Å²) < 4.78 is 0. The molecule has 0 fully saturated rings. The first-order valence-electron chi connectivity index (χ1n) is 5.97. The van der Waals surface area contributed by atoms with Crippen LogP contribution in [-0.2, 0) is 0 Å². The minimum absolute atomic E-state index is 0.440. The highest BCUT2D eigenvalue weighted by Crippen LogP contribution is 2.27. The lowest BCUT2D eigenvalue weighted by Gasteiger charge is -2.13. The van der Waals surface area contributed by atoms with Gasteiger partial charge in [0.15, 0.2) is 5.16 Å². The molecule has 1 aliphatic rings. The molecule has 4 N–H and O–H groups in total. The Hall–Kier alpha value is -1.23. The van der Waals surface area contributed by atoms with Crippen molar-refractivity contribution in [3.63, 3.8) is 0 Å². The van der Waals surface area contributed by atoms with Crippen molar-refractivity contribution in [2.24, 2.45) is 0 Å². The molecule has 1 unspecified atom stereocenters. The van der Waals surface area contributed by atoms with E-state index in [1.807, 2.05) is 0 Å². The zero-order chi connectivity index (χ0) is 12.1. The summed E-state index contributed by atoms with van der Waals surface area (Å²) in [5.41, 5.74) is 11.3. The first-order chi connectivity index (χ1) is 8.24. The van der Waals surface area contributed by atoms with Gasteiger partial charge in [-0.25, -0.2) is 9.97 Å². The molecule has 0 spiro atoms. The van der Waals surface area contributed by atoms with Crippen molar-refractivity contribution in [3.8, 4) is 0 Å². The van der Waals surface area contributed by atoms with Gasteiger partial charge < -0.3 is 11.5 Å². The van der Waals surface area contributed by atoms with Crippen LogP contribution in [0.15, 0.2) is 23.4 Å². The van der Waals surface area contributed by atoms with Gasteiger partial charge >= 0.3 is 0 Å². The minimum atomic E-state index is 0.440. The number of aromatic nitrogens is 2. The predicted octanol–water partition coefficient (Wildman–Crippen LogP) is 2.62. The summed E-state index contributed by atoms with van der Waals surface area (Å²) in [6, 6.07) is 1.58. The molecule has 1 aromatic heterocycles. The van der Waals surface area contributed by atoms with Crippen LogP contribution in [0.25, 0.3) is 0 Å². The molecule has 1 aromatic rings. The number of hydrogen-bond acceptors (Lipinski definition) is 5. The minimum Gasteiger partial charge on any atom is -0.383 e. The van der Waals surface area contributed by atoms with E-state index in [0.29, 0.717) is 22.0 Å². The highest BCUT2D eigenvalue weighted by atomic mass is 32.2. The zero-order valence-corrected chi connectivity index (χ0v) is 10.6. The van der Waals surface area contributed by atoms with Gasteiger partial charge in [0.05, 0.1) is 0 Å². The van der Waals surface area contributed by atoms with Gasteiger partial charge in [0.25, 0.3) is 0 Å². The van der Waals surface area contributed by atoms with E-state index >= 15 is 0 Å². The van der Waals surface area contributed by atoms with E-state index in [9.17, 15) is 0 Å². The molecule has 17 heavy (non-hydrogen) atoms. The predicted molar refractivity (Wildman–Crippen MR) is 72.7 cm³/mol. The number of nitrogens with two attached hydrogens (primary N) is 2. The standard InChI is InChI=1S/C12H18N4S/c13-10-8-11(14)16-12(15-10)17-9-6-4-2-1-3-5-7-9/h4,6,8-9H,1-3,5,7H2,(H4,13,14,15,16)/b6-4+. The maximum Gasteiger partial charge on any atom is 0.192 e. The van der Waals surface area contributed by atoms with Crippen molar-refractivity contribution >= 4 is 23.4 Å². The highest BCUT2D eigenvalue weighted by Gasteiger charge is 2.11. The third-order valence-corrected chi connectivity index (χ3v) is 3.80. The number of allylic oxidation sites excluding steroid dienone is 1. The summed E-state index contributed by atoms with van der Waals surface area (Å²) in [6.07, 6.45) is 10.7. The van der Waals surface area contributed by atoms with E-state index in [-0.39, 0.29) is 0 Å². The molecular formula is C12H18N4S. The van der Waals surface area contributed by atoms with E-state index in [0.717, 1.165) is 0 Å². The summed E-state index contributed by atoms with van der Waals surface area (Å²) in [4.78, 5) is 8.40. The van der Waals surface area contributed by atoms with E-state index in [1.54, 1.807) is 17.8 Å². The average Bonchev–Trinajstić information content (AvgIpc) is 2.20. The van der Waals surface area contributed by atoms with Crippen molar-refractivity contribution in [2.75, 3.05) is 11.5 Å². The van der Waals surface area contributed by atoms with E-state index < -0.39 is 0 Å². The topological polar surface area (TPSA) is 77.8 Å². The van der Waals surface area contributed by atoms with Crippen molar-refractivity contribution in [1.82, 2.24) is 9.97 Å². The van der Waals surface area contributed by atoms with Crippen LogP contribution in [-0.4, -0.2) is 15.2 Å². The van der Waals surface area contributed by atoms with Crippen LogP contribution in [0.2, 0.25) is 0 Å². The monoisotopic (exact) mass is 250 g/mol. The van der Waals surface area contributed by atoms with Crippen LogP contribution in [0.1, 0.15) is 32.1 Å². The summed E-state index contributed by atoms with van der Waals surface area (Å²) in [7, 11) is 0. The SMILES string of the molecule is Nc1cc(N)nc(SC2/C=C/CCCCC2)n1. The van der Waals surface area contributed by atoms with Crippen LogP contribution < -0.4 is 11.5 Å². The molecule has 0 radical (unpaired) electrons. The maximum absolute atomic E-state index is 5.66. The summed E-state index contributed by atoms with van der Waals surface area (Å²) in [5.74, 6) is 0.879. The molecule has 1 aliphatic carbocycles. The Morgan fingerprint density at radius 1 is 1.12 bits per heavy atom. The Bertz CT molecular complexity index is 385. The van der Waals surface area contributed by atoms with Gasteiger partial charge in [0.1, 0.15) is 11.6 Å². The van der Waals surface area contributed by atoms with Gasteiger partial charge in [0, 0.05) is 11.3 Å². The lowest BCUT2D eigenvalue weighted by Crippen LogP contribution is -2.04. The highest BCUT2D eigenvalue weighted by molar-refractivity contribution is 7.99. The van der Waals surface area contributed by atoms with Gasteiger partial charge in [-0.3, -0.25) is 0 Å². The quantitative estimate of drug-likeness (QED) is 0.623. The first-order valence-corrected chi connectivity index (χ1v) is 6.85. The first kappa shape index (κ1) is 12.2. The Morgan fingerprint density at radius 3 is 2.65 bits per heavy atom. The number of anilines is 2. The number of nitrogen functional groups attached to an aromatic ring is 2. The Balaban J connectivity index is 2.05. The molecule has 92 valence electrons. The lowest BCUT2D eigenvalue weighted by molar-refractivity contribution is 0.643. The summed E-state index contributed by atoms with van der Waals surface area (Å²) in [6.45, 7) is 0. The molecule has 1 atom stereocenters. The lowest BCUT2D eigenvalue weighted by atomic mass is 10.1. The normalized spacial score (nSPS) is 22.7. The molecular weight excluding hydrogens is 232 g/mol. The smallest absolute Gasteiger partial charge is 0.192 e. The van der Waals surface area contributed by atoms with Crippen LogP contribution in [0.4, 0.5) is 11.6 Å². The number of nitrogens with zero attached hydrogens (tertiary/aromatic N) is 2. The van der Waals surface area contributed by atoms with E-state index in [4.69, 9.17) is 11.5 Å². The van der Waals surface area contributed by atoms with Crippen molar-refractivity contribution in [3.05, 3.63) is 18.2 Å². The van der Waals surface area contributed by atoms with Gasteiger partial charge in [-0.15, -0.1) is 0 Å². The molecule has 0 aliphatic heterocycles. The molecule has 4 nitrogen and oxygen atoms in total. The second-order valence-corrected chi connectivity index (χ2v) is 5.43. The van der Waals surface area contributed by atoms with Crippen molar-refractivity contribution in [2.45, 2.75) is 42.5 Å². The molecule has 1 heterocycles. The number of thioether (sulfide) groups is 1. The second-order valence-electron chi connectivity index (χ2n) is 4.22. The Morgan fingerprint density at radius 2 is 1.88 bits per heavy atom. The van der Waals surface area contributed by atoms with Gasteiger partial charge in [0.2, 0.25) is 0 Å². The zero-order valence-electron chi connectivity index (χ0n) is 9.80. The van der Waals surface area contributed by atoms with Crippen molar-refractivity contribution in [1.29, 1.82) is 0 Å². The third kappa shape index (κ3) is 3.93. The van der Waals surface area contributed by atoms with Crippen LogP contribution in [0, 0.1) is 0 Å².